The van der Waals surface area contributed by atoms with E-state index in [-0.39, 0.29) is 6.61 Å². The summed E-state index contributed by atoms with van der Waals surface area (Å²) in [7, 11) is 1.36. The molecule has 0 aliphatic carbocycles. The summed E-state index contributed by atoms with van der Waals surface area (Å²) in [6.45, 7) is 0.00321. The molecule has 0 saturated carbocycles. The second-order valence-corrected chi connectivity index (χ2v) is 8.07. The summed E-state index contributed by atoms with van der Waals surface area (Å²) in [5, 5.41) is 3.60. The molecule has 0 fully saturated rings. The fourth-order valence-corrected chi connectivity index (χ4v) is 4.24. The third-order valence-electron chi connectivity index (χ3n) is 5.91. The first kappa shape index (κ1) is 23.9. The van der Waals surface area contributed by atoms with Gasteiger partial charge in [0.15, 0.2) is 0 Å². The van der Waals surface area contributed by atoms with Crippen molar-refractivity contribution in [3.05, 3.63) is 138 Å². The normalized spacial score (nSPS) is 11.9. The number of methoxy groups -OCH3 is 1. The average Bonchev–Trinajstić information content (AvgIpc) is 2.94. The Kier molecular flexibility index (Phi) is 7.70. The molecule has 0 aromatic heterocycles. The van der Waals surface area contributed by atoms with Crippen molar-refractivity contribution < 1.29 is 19.1 Å². The monoisotopic (exact) mass is 465 g/mol. The number of carbonyl (C=O) groups excluding carboxylic acids is 2. The van der Waals surface area contributed by atoms with Crippen molar-refractivity contribution in [3.63, 3.8) is 0 Å². The molecular weight excluding hydrogens is 438 g/mol. The van der Waals surface area contributed by atoms with Gasteiger partial charge in [0.2, 0.25) is 0 Å². The molecule has 4 rings (SSSR count). The van der Waals surface area contributed by atoms with E-state index < -0.39 is 17.6 Å². The average molecular weight is 466 g/mol. The van der Waals surface area contributed by atoms with Gasteiger partial charge in [-0.25, -0.2) is 0 Å². The number of benzene rings is 4. The largest absolute Gasteiger partial charge is 0.491 e. The van der Waals surface area contributed by atoms with Crippen molar-refractivity contribution in [2.75, 3.05) is 13.7 Å². The number of rotatable bonds is 10. The van der Waals surface area contributed by atoms with Crippen molar-refractivity contribution >= 4 is 12.3 Å². The zero-order valence-corrected chi connectivity index (χ0v) is 19.5. The predicted molar refractivity (Wildman–Crippen MR) is 135 cm³/mol. The van der Waals surface area contributed by atoms with Crippen molar-refractivity contribution in [2.24, 2.45) is 0 Å². The highest BCUT2D eigenvalue weighted by Gasteiger charge is 2.40. The van der Waals surface area contributed by atoms with Gasteiger partial charge in [0.1, 0.15) is 24.7 Å². The summed E-state index contributed by atoms with van der Waals surface area (Å²) in [5.74, 6) is 0.0405. The van der Waals surface area contributed by atoms with Crippen molar-refractivity contribution in [1.82, 2.24) is 5.32 Å². The van der Waals surface area contributed by atoms with Crippen LogP contribution in [0.5, 0.6) is 5.75 Å². The Bertz CT molecular complexity index is 1150. The summed E-state index contributed by atoms with van der Waals surface area (Å²) >= 11 is 0. The van der Waals surface area contributed by atoms with E-state index in [1.54, 1.807) is 24.3 Å². The second kappa shape index (κ2) is 11.3. The van der Waals surface area contributed by atoms with Gasteiger partial charge in [0, 0.05) is 5.56 Å². The Morgan fingerprint density at radius 2 is 1.31 bits per heavy atom. The summed E-state index contributed by atoms with van der Waals surface area (Å²) in [6.07, 6.45) is 0.758. The van der Waals surface area contributed by atoms with Crippen LogP contribution in [0.1, 0.15) is 27.0 Å². The molecule has 0 aliphatic rings. The third kappa shape index (κ3) is 5.31. The number of esters is 1. The van der Waals surface area contributed by atoms with Gasteiger partial charge in [-0.2, -0.15) is 0 Å². The van der Waals surface area contributed by atoms with Crippen LogP contribution in [0, 0.1) is 0 Å². The molecule has 1 atom stereocenters. The summed E-state index contributed by atoms with van der Waals surface area (Å²) in [5.41, 5.74) is 2.53. The lowest BCUT2D eigenvalue weighted by Crippen LogP contribution is -2.55. The van der Waals surface area contributed by atoms with Crippen molar-refractivity contribution in [2.45, 2.75) is 11.6 Å². The summed E-state index contributed by atoms with van der Waals surface area (Å²) in [6, 6.07) is 36.0. The highest BCUT2D eigenvalue weighted by Crippen LogP contribution is 2.37. The second-order valence-electron chi connectivity index (χ2n) is 8.07. The Labute approximate surface area is 205 Å². The molecule has 0 heterocycles. The fourth-order valence-electron chi connectivity index (χ4n) is 4.24. The molecule has 35 heavy (non-hydrogen) atoms. The smallest absolute Gasteiger partial charge is 0.326 e. The quantitative estimate of drug-likeness (QED) is 0.203. The molecule has 4 aromatic rings. The van der Waals surface area contributed by atoms with E-state index in [9.17, 15) is 9.59 Å². The van der Waals surface area contributed by atoms with E-state index in [0.29, 0.717) is 11.3 Å². The number of ether oxygens (including phenoxy) is 2. The van der Waals surface area contributed by atoms with Gasteiger partial charge in [0.25, 0.3) is 0 Å². The topological polar surface area (TPSA) is 64.6 Å². The standard InChI is InChI=1S/C30H27NO4/c1-34-29(33)28(22-35-27-19-11-12-23(20-27)21-32)31-30(24-13-5-2-6-14-24,25-15-7-3-8-16-25)26-17-9-4-10-18-26/h2-21,28,31H,22H2,1H3/t28-/m0/s1. The molecule has 4 aromatic carbocycles. The minimum Gasteiger partial charge on any atom is -0.491 e. The number of hydrogen-bond acceptors (Lipinski definition) is 5. The molecule has 0 unspecified atom stereocenters. The zero-order valence-electron chi connectivity index (χ0n) is 19.5. The Hall–Kier alpha value is -4.22. The number of aldehydes is 1. The number of carbonyl (C=O) groups is 2. The molecule has 0 amide bonds. The molecule has 176 valence electrons. The molecule has 0 saturated heterocycles. The zero-order chi connectivity index (χ0) is 24.5. The first-order valence-corrected chi connectivity index (χ1v) is 11.4. The van der Waals surface area contributed by atoms with Crippen LogP contribution in [0.2, 0.25) is 0 Å². The molecule has 0 bridgehead atoms. The van der Waals surface area contributed by atoms with Gasteiger partial charge in [-0.3, -0.25) is 14.9 Å². The van der Waals surface area contributed by atoms with Crippen LogP contribution in [0.15, 0.2) is 115 Å². The lowest BCUT2D eigenvalue weighted by molar-refractivity contribution is -0.144. The lowest BCUT2D eigenvalue weighted by atomic mass is 9.76. The van der Waals surface area contributed by atoms with Crippen LogP contribution in [0.25, 0.3) is 0 Å². The lowest BCUT2D eigenvalue weighted by Gasteiger charge is -2.39. The van der Waals surface area contributed by atoms with Gasteiger partial charge in [0.05, 0.1) is 12.6 Å². The maximum Gasteiger partial charge on any atom is 0.326 e. The van der Waals surface area contributed by atoms with Gasteiger partial charge in [-0.05, 0) is 28.8 Å². The van der Waals surface area contributed by atoms with E-state index in [4.69, 9.17) is 9.47 Å². The van der Waals surface area contributed by atoms with Crippen LogP contribution in [-0.4, -0.2) is 32.0 Å². The highest BCUT2D eigenvalue weighted by atomic mass is 16.5. The van der Waals surface area contributed by atoms with Crippen LogP contribution < -0.4 is 10.1 Å². The van der Waals surface area contributed by atoms with E-state index in [1.165, 1.54) is 7.11 Å². The Balaban J connectivity index is 1.80. The molecule has 0 radical (unpaired) electrons. The van der Waals surface area contributed by atoms with E-state index in [2.05, 4.69) is 5.32 Å². The van der Waals surface area contributed by atoms with Crippen molar-refractivity contribution in [1.29, 1.82) is 0 Å². The maximum absolute atomic E-state index is 13.0. The van der Waals surface area contributed by atoms with Crippen LogP contribution in [0.3, 0.4) is 0 Å². The number of hydrogen-bond donors (Lipinski definition) is 1. The van der Waals surface area contributed by atoms with Crippen LogP contribution in [-0.2, 0) is 15.1 Å². The summed E-state index contributed by atoms with van der Waals surface area (Å²) < 4.78 is 11.1. The fraction of sp³-hybridized carbons (Fsp3) is 0.133. The summed E-state index contributed by atoms with van der Waals surface area (Å²) in [4.78, 5) is 24.2. The van der Waals surface area contributed by atoms with Gasteiger partial charge < -0.3 is 9.47 Å². The van der Waals surface area contributed by atoms with Gasteiger partial charge in [-0.1, -0.05) is 103 Å². The van der Waals surface area contributed by atoms with Crippen molar-refractivity contribution in [3.8, 4) is 5.75 Å². The van der Waals surface area contributed by atoms with E-state index in [1.807, 2.05) is 91.0 Å². The minimum atomic E-state index is -0.864. The minimum absolute atomic E-state index is 0.00321. The van der Waals surface area contributed by atoms with E-state index >= 15 is 0 Å². The van der Waals surface area contributed by atoms with Gasteiger partial charge in [-0.15, -0.1) is 0 Å². The van der Waals surface area contributed by atoms with Gasteiger partial charge >= 0.3 is 5.97 Å². The molecular formula is C30H27NO4. The molecule has 0 spiro atoms. The van der Waals surface area contributed by atoms with Crippen LogP contribution in [0.4, 0.5) is 0 Å². The van der Waals surface area contributed by atoms with Crippen LogP contribution >= 0.6 is 0 Å². The third-order valence-corrected chi connectivity index (χ3v) is 5.91. The number of nitrogens with one attached hydrogen (secondary N) is 1. The SMILES string of the molecule is COC(=O)[C@H](COc1cccc(C=O)c1)NC(c1ccccc1)(c1ccccc1)c1ccccc1. The first-order valence-electron chi connectivity index (χ1n) is 11.4. The predicted octanol–water partition coefficient (Wildman–Crippen LogP) is 5.00. The highest BCUT2D eigenvalue weighted by molar-refractivity contribution is 5.77. The Morgan fingerprint density at radius 1 is 0.800 bits per heavy atom. The first-order chi connectivity index (χ1) is 17.2. The van der Waals surface area contributed by atoms with E-state index in [0.717, 1.165) is 23.0 Å². The Morgan fingerprint density at radius 3 is 1.77 bits per heavy atom. The molecule has 5 heteroatoms. The molecule has 1 N–H and O–H groups in total. The molecule has 0 aliphatic heterocycles. The molecule has 5 nitrogen and oxygen atoms in total. The maximum atomic E-state index is 13.0.